The number of nitrogens with zero attached hydrogens (tertiary/aromatic N) is 1. The van der Waals surface area contributed by atoms with E-state index in [-0.39, 0.29) is 5.91 Å². The van der Waals surface area contributed by atoms with Crippen molar-refractivity contribution in [1.29, 1.82) is 0 Å². The Balaban J connectivity index is 2.12. The van der Waals surface area contributed by atoms with Gasteiger partial charge in [0, 0.05) is 17.3 Å². The van der Waals surface area contributed by atoms with Crippen LogP contribution >= 0.6 is 11.6 Å². The van der Waals surface area contributed by atoms with E-state index < -0.39 is 16.1 Å². The molecule has 1 atom stereocenters. The van der Waals surface area contributed by atoms with E-state index in [1.165, 1.54) is 4.31 Å². The Morgan fingerprint density at radius 3 is 2.55 bits per heavy atom. The minimum absolute atomic E-state index is 0.294. The molecule has 110 valence electrons. The van der Waals surface area contributed by atoms with Crippen LogP contribution < -0.4 is 5.32 Å². The number of halogens is 1. The summed E-state index contributed by atoms with van der Waals surface area (Å²) in [6, 6.07) is 6.09. The van der Waals surface area contributed by atoms with Gasteiger partial charge in [0.25, 0.3) is 0 Å². The van der Waals surface area contributed by atoms with Crippen molar-refractivity contribution in [2.75, 3.05) is 18.1 Å². The average Bonchev–Trinajstić information content (AvgIpc) is 2.40. The fourth-order valence-corrected chi connectivity index (χ4v) is 3.57. The number of carbonyl (C=O) groups excluding carboxylic acids is 1. The highest BCUT2D eigenvalue weighted by molar-refractivity contribution is 7.88. The lowest BCUT2D eigenvalue weighted by Gasteiger charge is -2.32. The molecule has 1 saturated heterocycles. The molecular formula is C13H17ClN2O3S. The molecule has 0 unspecified atom stereocenters. The smallest absolute Gasteiger partial charge is 0.242 e. The van der Waals surface area contributed by atoms with Gasteiger partial charge in [-0.2, -0.15) is 4.31 Å². The van der Waals surface area contributed by atoms with Gasteiger partial charge in [-0.1, -0.05) is 18.0 Å². The molecule has 20 heavy (non-hydrogen) atoms. The SMILES string of the molecule is CS(=O)(=O)N1CCCC[C@H]1C(=O)Nc1ccc(Cl)cc1. The second-order valence-corrected chi connectivity index (χ2v) is 7.25. The third kappa shape index (κ3) is 3.71. The van der Waals surface area contributed by atoms with Gasteiger partial charge in [-0.05, 0) is 37.1 Å². The Hall–Kier alpha value is -1.11. The normalized spacial score (nSPS) is 20.6. The molecule has 0 spiro atoms. The van der Waals surface area contributed by atoms with E-state index in [1.54, 1.807) is 24.3 Å². The standard InChI is InChI=1S/C13H17ClN2O3S/c1-20(18,19)16-9-3-2-4-12(16)13(17)15-11-7-5-10(14)6-8-11/h5-8,12H,2-4,9H2,1H3,(H,15,17)/t12-/m0/s1. The number of hydrogen-bond acceptors (Lipinski definition) is 3. The van der Waals surface area contributed by atoms with Gasteiger partial charge < -0.3 is 5.32 Å². The van der Waals surface area contributed by atoms with E-state index in [9.17, 15) is 13.2 Å². The minimum Gasteiger partial charge on any atom is -0.325 e. The number of hydrogen-bond donors (Lipinski definition) is 1. The summed E-state index contributed by atoms with van der Waals surface area (Å²) in [7, 11) is -3.37. The van der Waals surface area contributed by atoms with Crippen LogP contribution in [0.1, 0.15) is 19.3 Å². The Morgan fingerprint density at radius 1 is 1.30 bits per heavy atom. The van der Waals surface area contributed by atoms with Crippen molar-refractivity contribution in [3.8, 4) is 0 Å². The molecule has 1 aliphatic rings. The first-order valence-corrected chi connectivity index (χ1v) is 8.64. The van der Waals surface area contributed by atoms with Gasteiger partial charge in [0.2, 0.25) is 15.9 Å². The molecule has 0 aromatic heterocycles. The summed E-state index contributed by atoms with van der Waals surface area (Å²) >= 11 is 5.78. The molecule has 1 amide bonds. The lowest BCUT2D eigenvalue weighted by molar-refractivity contribution is -0.120. The number of amides is 1. The average molecular weight is 317 g/mol. The zero-order valence-corrected chi connectivity index (χ0v) is 12.7. The molecule has 5 nitrogen and oxygen atoms in total. The molecule has 0 bridgehead atoms. The maximum Gasteiger partial charge on any atom is 0.242 e. The predicted molar refractivity (Wildman–Crippen MR) is 79.3 cm³/mol. The first-order valence-electron chi connectivity index (χ1n) is 6.41. The summed E-state index contributed by atoms with van der Waals surface area (Å²) < 4.78 is 24.7. The molecule has 1 aliphatic heterocycles. The third-order valence-electron chi connectivity index (χ3n) is 3.29. The highest BCUT2D eigenvalue weighted by Crippen LogP contribution is 2.22. The maximum atomic E-state index is 12.3. The number of benzene rings is 1. The second-order valence-electron chi connectivity index (χ2n) is 4.88. The van der Waals surface area contributed by atoms with Crippen molar-refractivity contribution in [2.45, 2.75) is 25.3 Å². The lowest BCUT2D eigenvalue weighted by Crippen LogP contribution is -2.49. The summed E-state index contributed by atoms with van der Waals surface area (Å²) in [4.78, 5) is 12.3. The zero-order chi connectivity index (χ0) is 14.8. The van der Waals surface area contributed by atoms with Crippen molar-refractivity contribution >= 4 is 33.2 Å². The van der Waals surface area contributed by atoms with Gasteiger partial charge in [-0.15, -0.1) is 0 Å². The predicted octanol–water partition coefficient (Wildman–Crippen LogP) is 2.09. The van der Waals surface area contributed by atoms with Gasteiger partial charge in [-0.25, -0.2) is 8.42 Å². The second kappa shape index (κ2) is 6.11. The number of nitrogens with one attached hydrogen (secondary N) is 1. The molecule has 1 aromatic rings. The van der Waals surface area contributed by atoms with Gasteiger partial charge in [0.15, 0.2) is 0 Å². The molecule has 1 heterocycles. The van der Waals surface area contributed by atoms with E-state index in [4.69, 9.17) is 11.6 Å². The number of carbonyl (C=O) groups is 1. The van der Waals surface area contributed by atoms with Gasteiger partial charge in [0.1, 0.15) is 6.04 Å². The Kier molecular flexibility index (Phi) is 4.67. The number of piperidine rings is 1. The Labute approximate surface area is 124 Å². The van der Waals surface area contributed by atoms with Gasteiger partial charge >= 0.3 is 0 Å². The minimum atomic E-state index is -3.37. The number of rotatable bonds is 3. The highest BCUT2D eigenvalue weighted by atomic mass is 35.5. The molecule has 0 aliphatic carbocycles. The first-order chi connectivity index (χ1) is 9.38. The van der Waals surface area contributed by atoms with Crippen molar-refractivity contribution in [3.63, 3.8) is 0 Å². The molecule has 1 fully saturated rings. The van der Waals surface area contributed by atoms with Crippen LogP contribution in [0.4, 0.5) is 5.69 Å². The van der Waals surface area contributed by atoms with Crippen molar-refractivity contribution in [3.05, 3.63) is 29.3 Å². The van der Waals surface area contributed by atoms with E-state index in [1.807, 2.05) is 0 Å². The molecule has 0 radical (unpaired) electrons. The Morgan fingerprint density at radius 2 is 1.95 bits per heavy atom. The summed E-state index contributed by atoms with van der Waals surface area (Å²) in [6.07, 6.45) is 3.33. The van der Waals surface area contributed by atoms with Crippen LogP contribution in [0.25, 0.3) is 0 Å². The Bertz CT molecular complexity index is 586. The van der Waals surface area contributed by atoms with Crippen LogP contribution in [0, 0.1) is 0 Å². The fraction of sp³-hybridized carbons (Fsp3) is 0.462. The van der Waals surface area contributed by atoms with Crippen LogP contribution in [0.2, 0.25) is 5.02 Å². The van der Waals surface area contributed by atoms with Crippen molar-refractivity contribution < 1.29 is 13.2 Å². The monoisotopic (exact) mass is 316 g/mol. The first kappa shape index (κ1) is 15.3. The van der Waals surface area contributed by atoms with Gasteiger partial charge in [0.05, 0.1) is 6.26 Å². The van der Waals surface area contributed by atoms with Crippen LogP contribution in [-0.2, 0) is 14.8 Å². The zero-order valence-electron chi connectivity index (χ0n) is 11.2. The van der Waals surface area contributed by atoms with E-state index >= 15 is 0 Å². The van der Waals surface area contributed by atoms with Crippen LogP contribution in [-0.4, -0.2) is 37.5 Å². The molecule has 1 N–H and O–H groups in total. The van der Waals surface area contributed by atoms with Gasteiger partial charge in [-0.3, -0.25) is 4.79 Å². The number of sulfonamides is 1. The summed E-state index contributed by atoms with van der Waals surface area (Å²) in [6.45, 7) is 0.400. The van der Waals surface area contributed by atoms with E-state index in [0.29, 0.717) is 23.7 Å². The van der Waals surface area contributed by atoms with Crippen molar-refractivity contribution in [2.24, 2.45) is 0 Å². The topological polar surface area (TPSA) is 66.5 Å². The summed E-state index contributed by atoms with van der Waals surface area (Å²) in [5.41, 5.74) is 0.610. The largest absolute Gasteiger partial charge is 0.325 e. The van der Waals surface area contributed by atoms with E-state index in [2.05, 4.69) is 5.32 Å². The number of anilines is 1. The molecule has 7 heteroatoms. The lowest BCUT2D eigenvalue weighted by atomic mass is 10.0. The molecule has 0 saturated carbocycles. The van der Waals surface area contributed by atoms with E-state index in [0.717, 1.165) is 19.1 Å². The van der Waals surface area contributed by atoms with Crippen LogP contribution in [0.15, 0.2) is 24.3 Å². The van der Waals surface area contributed by atoms with Crippen molar-refractivity contribution in [1.82, 2.24) is 4.31 Å². The van der Waals surface area contributed by atoms with Crippen LogP contribution in [0.5, 0.6) is 0 Å². The maximum absolute atomic E-state index is 12.3. The van der Waals surface area contributed by atoms with Crippen LogP contribution in [0.3, 0.4) is 0 Å². The highest BCUT2D eigenvalue weighted by Gasteiger charge is 2.34. The third-order valence-corrected chi connectivity index (χ3v) is 4.84. The quantitative estimate of drug-likeness (QED) is 0.928. The molecule has 1 aromatic carbocycles. The fourth-order valence-electron chi connectivity index (χ4n) is 2.32. The summed E-state index contributed by atoms with van der Waals surface area (Å²) in [5.74, 6) is -0.294. The molecular weight excluding hydrogens is 300 g/mol. The molecule has 2 rings (SSSR count). The summed E-state index contributed by atoms with van der Waals surface area (Å²) in [5, 5.41) is 3.32.